The van der Waals surface area contributed by atoms with Crippen molar-refractivity contribution in [2.75, 3.05) is 6.54 Å². The summed E-state index contributed by atoms with van der Waals surface area (Å²) >= 11 is 0. The largest absolute Gasteiger partial charge is 0.334 e. The number of aromatic amines is 1. The van der Waals surface area contributed by atoms with Gasteiger partial charge >= 0.3 is 0 Å². The van der Waals surface area contributed by atoms with Gasteiger partial charge in [0.05, 0.1) is 17.5 Å². The Kier molecular flexibility index (Phi) is 4.02. The van der Waals surface area contributed by atoms with Crippen molar-refractivity contribution >= 4 is 5.91 Å². The number of carbonyl (C=O) groups is 1. The van der Waals surface area contributed by atoms with Crippen LogP contribution in [0.3, 0.4) is 0 Å². The first-order valence-corrected chi connectivity index (χ1v) is 8.40. The number of amides is 1. The summed E-state index contributed by atoms with van der Waals surface area (Å²) in [6.07, 6.45) is 3.91. The number of hydrogen-bond donors (Lipinski definition) is 1. The minimum absolute atomic E-state index is 0.104. The number of nitrogens with one attached hydrogen (secondary N) is 1. The Hall–Kier alpha value is -3.03. The lowest BCUT2D eigenvalue weighted by atomic mass is 10.0. The minimum Gasteiger partial charge on any atom is -0.334 e. The molecule has 0 atom stereocenters. The van der Waals surface area contributed by atoms with Gasteiger partial charge in [0, 0.05) is 49.1 Å². The van der Waals surface area contributed by atoms with Crippen LogP contribution in [0.25, 0.3) is 11.3 Å². The van der Waals surface area contributed by atoms with E-state index < -0.39 is 11.6 Å². The van der Waals surface area contributed by atoms with E-state index in [0.717, 1.165) is 23.4 Å². The van der Waals surface area contributed by atoms with Gasteiger partial charge < -0.3 is 4.90 Å². The summed E-state index contributed by atoms with van der Waals surface area (Å²) in [7, 11) is 0. The molecule has 0 bridgehead atoms. The Balaban J connectivity index is 1.63. The van der Waals surface area contributed by atoms with Crippen LogP contribution in [-0.4, -0.2) is 37.3 Å². The second-order valence-electron chi connectivity index (χ2n) is 6.22. The van der Waals surface area contributed by atoms with Gasteiger partial charge in [-0.1, -0.05) is 0 Å². The van der Waals surface area contributed by atoms with E-state index in [1.807, 2.05) is 6.92 Å². The van der Waals surface area contributed by atoms with E-state index in [1.54, 1.807) is 22.0 Å². The van der Waals surface area contributed by atoms with E-state index in [0.29, 0.717) is 42.9 Å². The lowest BCUT2D eigenvalue weighted by Gasteiger charge is -2.26. The SMILES string of the molecule is CCn1cc(C(=O)N2CCc3[nH]nc(-c4ccc(F)c(F)c4)c3C2)cn1. The Morgan fingerprint density at radius 3 is 2.88 bits per heavy atom. The van der Waals surface area contributed by atoms with Crippen molar-refractivity contribution in [3.63, 3.8) is 0 Å². The Morgan fingerprint density at radius 2 is 2.15 bits per heavy atom. The number of nitrogens with zero attached hydrogens (tertiary/aromatic N) is 4. The van der Waals surface area contributed by atoms with Gasteiger partial charge in [0.2, 0.25) is 0 Å². The standard InChI is InChI=1S/C18H17F2N5O/c1-2-25-9-12(8-21-25)18(26)24-6-5-16-13(10-24)17(23-22-16)11-3-4-14(19)15(20)7-11/h3-4,7-9H,2,5-6,10H2,1H3,(H,22,23). The maximum absolute atomic E-state index is 13.6. The van der Waals surface area contributed by atoms with E-state index >= 15 is 0 Å². The molecule has 1 aliphatic rings. The second kappa shape index (κ2) is 6.36. The molecule has 0 radical (unpaired) electrons. The highest BCUT2D eigenvalue weighted by Crippen LogP contribution is 2.29. The number of hydrogen-bond acceptors (Lipinski definition) is 3. The molecule has 4 rings (SSSR count). The molecule has 0 unspecified atom stereocenters. The number of aryl methyl sites for hydroxylation is 1. The third kappa shape index (κ3) is 2.77. The van der Waals surface area contributed by atoms with E-state index in [1.165, 1.54) is 6.07 Å². The van der Waals surface area contributed by atoms with Gasteiger partial charge in [0.15, 0.2) is 11.6 Å². The summed E-state index contributed by atoms with van der Waals surface area (Å²) < 4.78 is 28.5. The fourth-order valence-electron chi connectivity index (χ4n) is 3.18. The number of fused-ring (bicyclic) bond motifs is 1. The monoisotopic (exact) mass is 357 g/mol. The van der Waals surface area contributed by atoms with Gasteiger partial charge in [-0.15, -0.1) is 0 Å². The summed E-state index contributed by atoms with van der Waals surface area (Å²) in [5.74, 6) is -1.93. The average Bonchev–Trinajstić information content (AvgIpc) is 3.29. The van der Waals surface area contributed by atoms with Gasteiger partial charge in [-0.05, 0) is 25.1 Å². The molecule has 1 N–H and O–H groups in total. The first-order chi connectivity index (χ1) is 12.6. The predicted octanol–water partition coefficient (Wildman–Crippen LogP) is 2.77. The molecule has 0 saturated carbocycles. The molecule has 26 heavy (non-hydrogen) atoms. The van der Waals surface area contributed by atoms with Gasteiger partial charge in [0.1, 0.15) is 0 Å². The molecule has 3 heterocycles. The van der Waals surface area contributed by atoms with Crippen LogP contribution >= 0.6 is 0 Å². The molecule has 2 aromatic heterocycles. The highest BCUT2D eigenvalue weighted by molar-refractivity contribution is 5.94. The fraction of sp³-hybridized carbons (Fsp3) is 0.278. The van der Waals surface area contributed by atoms with Crippen molar-refractivity contribution in [2.45, 2.75) is 26.4 Å². The zero-order chi connectivity index (χ0) is 18.3. The summed E-state index contributed by atoms with van der Waals surface area (Å²) in [5, 5.41) is 11.3. The molecule has 0 spiro atoms. The van der Waals surface area contributed by atoms with Crippen molar-refractivity contribution in [1.82, 2.24) is 24.9 Å². The van der Waals surface area contributed by atoms with Crippen LogP contribution in [0.1, 0.15) is 28.5 Å². The smallest absolute Gasteiger partial charge is 0.257 e. The van der Waals surface area contributed by atoms with Crippen LogP contribution in [-0.2, 0) is 19.5 Å². The van der Waals surface area contributed by atoms with Crippen molar-refractivity contribution in [2.24, 2.45) is 0 Å². The van der Waals surface area contributed by atoms with Crippen LogP contribution < -0.4 is 0 Å². The van der Waals surface area contributed by atoms with Gasteiger partial charge in [-0.2, -0.15) is 10.2 Å². The first kappa shape index (κ1) is 16.4. The zero-order valence-electron chi connectivity index (χ0n) is 14.2. The van der Waals surface area contributed by atoms with E-state index in [9.17, 15) is 13.6 Å². The number of halogens is 2. The molecule has 1 amide bonds. The average molecular weight is 357 g/mol. The highest BCUT2D eigenvalue weighted by atomic mass is 19.2. The normalized spacial score (nSPS) is 13.7. The van der Waals surface area contributed by atoms with Crippen molar-refractivity contribution in [3.05, 3.63) is 59.0 Å². The third-order valence-electron chi connectivity index (χ3n) is 4.62. The van der Waals surface area contributed by atoms with Gasteiger partial charge in [-0.25, -0.2) is 8.78 Å². The third-order valence-corrected chi connectivity index (χ3v) is 4.62. The van der Waals surface area contributed by atoms with E-state index in [2.05, 4.69) is 15.3 Å². The molecule has 1 aliphatic heterocycles. The second-order valence-corrected chi connectivity index (χ2v) is 6.22. The van der Waals surface area contributed by atoms with Crippen LogP contribution in [0.2, 0.25) is 0 Å². The van der Waals surface area contributed by atoms with Crippen molar-refractivity contribution < 1.29 is 13.6 Å². The fourth-order valence-corrected chi connectivity index (χ4v) is 3.18. The summed E-state index contributed by atoms with van der Waals surface area (Å²) in [4.78, 5) is 14.5. The Labute approximate surface area is 148 Å². The van der Waals surface area contributed by atoms with Gasteiger partial charge in [-0.3, -0.25) is 14.6 Å². The molecule has 0 saturated heterocycles. The number of rotatable bonds is 3. The lowest BCUT2D eigenvalue weighted by Crippen LogP contribution is -2.35. The van der Waals surface area contributed by atoms with E-state index in [4.69, 9.17) is 0 Å². The molecule has 134 valence electrons. The minimum atomic E-state index is -0.921. The Bertz CT molecular complexity index is 978. The molecule has 0 fully saturated rings. The highest BCUT2D eigenvalue weighted by Gasteiger charge is 2.27. The predicted molar refractivity (Wildman–Crippen MR) is 90.3 cm³/mol. The first-order valence-electron chi connectivity index (χ1n) is 8.40. The lowest BCUT2D eigenvalue weighted by molar-refractivity contribution is 0.0734. The molecular weight excluding hydrogens is 340 g/mol. The van der Waals surface area contributed by atoms with E-state index in [-0.39, 0.29) is 5.91 Å². The van der Waals surface area contributed by atoms with Crippen LogP contribution in [0.4, 0.5) is 8.78 Å². The topological polar surface area (TPSA) is 66.8 Å². The molecule has 1 aromatic carbocycles. The van der Waals surface area contributed by atoms with Crippen LogP contribution in [0.15, 0.2) is 30.6 Å². The quantitative estimate of drug-likeness (QED) is 0.784. The maximum atomic E-state index is 13.6. The molecule has 3 aromatic rings. The van der Waals surface area contributed by atoms with Gasteiger partial charge in [0.25, 0.3) is 5.91 Å². The number of aromatic nitrogens is 4. The number of carbonyl (C=O) groups excluding carboxylic acids is 1. The maximum Gasteiger partial charge on any atom is 0.257 e. The molecule has 6 nitrogen and oxygen atoms in total. The molecular formula is C18H17F2N5O. The summed E-state index contributed by atoms with van der Waals surface area (Å²) in [6.45, 7) is 3.56. The summed E-state index contributed by atoms with van der Waals surface area (Å²) in [5.41, 5.74) is 3.31. The Morgan fingerprint density at radius 1 is 1.31 bits per heavy atom. The van der Waals surface area contributed by atoms with Crippen molar-refractivity contribution in [3.8, 4) is 11.3 Å². The number of benzene rings is 1. The molecule has 0 aliphatic carbocycles. The van der Waals surface area contributed by atoms with Crippen LogP contribution in [0.5, 0.6) is 0 Å². The molecule has 8 heteroatoms. The van der Waals surface area contributed by atoms with Crippen molar-refractivity contribution in [1.29, 1.82) is 0 Å². The summed E-state index contributed by atoms with van der Waals surface area (Å²) in [6, 6.07) is 3.69. The zero-order valence-corrected chi connectivity index (χ0v) is 14.2. The van der Waals surface area contributed by atoms with Crippen LogP contribution in [0, 0.1) is 11.6 Å². The number of H-pyrrole nitrogens is 1.